The first kappa shape index (κ1) is 17.2. The Balaban J connectivity index is 1.75. The molecule has 0 radical (unpaired) electrons. The summed E-state index contributed by atoms with van der Waals surface area (Å²) < 4.78 is 10.4. The second-order valence-corrected chi connectivity index (χ2v) is 6.74. The van der Waals surface area contributed by atoms with Crippen LogP contribution < -0.4 is 5.32 Å². The van der Waals surface area contributed by atoms with Gasteiger partial charge in [-0.3, -0.25) is 4.90 Å². The Kier molecular flexibility index (Phi) is 6.10. The van der Waals surface area contributed by atoms with E-state index in [-0.39, 0.29) is 5.97 Å². The van der Waals surface area contributed by atoms with Crippen molar-refractivity contribution < 1.29 is 14.3 Å². The molecule has 1 aromatic carbocycles. The van der Waals surface area contributed by atoms with Crippen LogP contribution in [0.5, 0.6) is 0 Å². The van der Waals surface area contributed by atoms with Gasteiger partial charge in [0.1, 0.15) is 0 Å². The molecule has 0 atom stereocenters. The van der Waals surface area contributed by atoms with Crippen LogP contribution in [0.25, 0.3) is 0 Å². The average molecular weight is 332 g/mol. The van der Waals surface area contributed by atoms with Crippen molar-refractivity contribution in [2.24, 2.45) is 0 Å². The summed E-state index contributed by atoms with van der Waals surface area (Å²) in [5.41, 5.74) is 2.76. The lowest BCUT2D eigenvalue weighted by molar-refractivity contribution is 0.0601. The van der Waals surface area contributed by atoms with Gasteiger partial charge < -0.3 is 14.8 Å². The third kappa shape index (κ3) is 4.48. The Labute approximate surface area is 144 Å². The van der Waals surface area contributed by atoms with Crippen LogP contribution in [0.15, 0.2) is 18.2 Å². The molecule has 0 aliphatic carbocycles. The summed E-state index contributed by atoms with van der Waals surface area (Å²) in [6, 6.07) is 6.42. The fourth-order valence-corrected chi connectivity index (χ4v) is 3.53. The molecule has 2 fully saturated rings. The molecule has 3 rings (SSSR count). The van der Waals surface area contributed by atoms with E-state index in [0.717, 1.165) is 38.3 Å². The summed E-state index contributed by atoms with van der Waals surface area (Å²) in [7, 11) is 1.43. The highest BCUT2D eigenvalue weighted by Crippen LogP contribution is 2.24. The standard InChI is InChI=1S/C19H28N2O3/c1-23-19(22)17-6-5-15(14-21-9-3-2-4-10-21)13-18(17)20-16-7-11-24-12-8-16/h5-6,13,16,20H,2-4,7-12,14H2,1H3. The van der Waals surface area contributed by atoms with Crippen LogP contribution in [-0.2, 0) is 16.0 Å². The molecule has 5 nitrogen and oxygen atoms in total. The van der Waals surface area contributed by atoms with Crippen molar-refractivity contribution in [3.63, 3.8) is 0 Å². The molecule has 1 N–H and O–H groups in total. The van der Waals surface area contributed by atoms with Crippen LogP contribution in [0.4, 0.5) is 5.69 Å². The number of carbonyl (C=O) groups is 1. The molecule has 5 heteroatoms. The predicted molar refractivity (Wildman–Crippen MR) is 94.4 cm³/mol. The zero-order chi connectivity index (χ0) is 16.8. The summed E-state index contributed by atoms with van der Waals surface area (Å²) in [6.45, 7) is 4.84. The van der Waals surface area contributed by atoms with E-state index >= 15 is 0 Å². The molecule has 0 aromatic heterocycles. The molecule has 0 bridgehead atoms. The Morgan fingerprint density at radius 3 is 2.71 bits per heavy atom. The topological polar surface area (TPSA) is 50.8 Å². The van der Waals surface area contributed by atoms with Crippen LogP contribution in [0.2, 0.25) is 0 Å². The van der Waals surface area contributed by atoms with Gasteiger partial charge >= 0.3 is 5.97 Å². The van der Waals surface area contributed by atoms with Crippen LogP contribution >= 0.6 is 0 Å². The lowest BCUT2D eigenvalue weighted by atomic mass is 10.0. The van der Waals surface area contributed by atoms with Gasteiger partial charge in [0.15, 0.2) is 0 Å². The molecule has 0 amide bonds. The number of nitrogens with zero attached hydrogens (tertiary/aromatic N) is 1. The zero-order valence-electron chi connectivity index (χ0n) is 14.6. The molecular formula is C19H28N2O3. The van der Waals surface area contributed by atoms with E-state index in [1.54, 1.807) is 0 Å². The number of piperidine rings is 1. The van der Waals surface area contributed by atoms with E-state index in [4.69, 9.17) is 9.47 Å². The Morgan fingerprint density at radius 2 is 2.00 bits per heavy atom. The number of rotatable bonds is 5. The SMILES string of the molecule is COC(=O)c1ccc(CN2CCCCC2)cc1NC1CCOCC1. The van der Waals surface area contributed by atoms with Crippen molar-refractivity contribution in [2.75, 3.05) is 38.7 Å². The molecule has 2 aliphatic heterocycles. The number of hydrogen-bond acceptors (Lipinski definition) is 5. The van der Waals surface area contributed by atoms with Gasteiger partial charge in [-0.25, -0.2) is 4.79 Å². The maximum atomic E-state index is 12.1. The number of esters is 1. The highest BCUT2D eigenvalue weighted by atomic mass is 16.5. The number of benzene rings is 1. The van der Waals surface area contributed by atoms with Crippen LogP contribution in [0, 0.1) is 0 Å². The lowest BCUT2D eigenvalue weighted by Crippen LogP contribution is -2.30. The summed E-state index contributed by atoms with van der Waals surface area (Å²) in [4.78, 5) is 14.6. The maximum absolute atomic E-state index is 12.1. The fourth-order valence-electron chi connectivity index (χ4n) is 3.53. The van der Waals surface area contributed by atoms with Crippen molar-refractivity contribution in [2.45, 2.75) is 44.7 Å². The monoisotopic (exact) mass is 332 g/mol. The Morgan fingerprint density at radius 1 is 1.25 bits per heavy atom. The maximum Gasteiger partial charge on any atom is 0.339 e. The van der Waals surface area contributed by atoms with Gasteiger partial charge in [0, 0.05) is 31.5 Å². The molecule has 2 heterocycles. The van der Waals surface area contributed by atoms with Gasteiger partial charge in [-0.1, -0.05) is 12.5 Å². The number of ether oxygens (including phenoxy) is 2. The van der Waals surface area contributed by atoms with E-state index in [0.29, 0.717) is 11.6 Å². The van der Waals surface area contributed by atoms with Crippen molar-refractivity contribution >= 4 is 11.7 Å². The number of carbonyl (C=O) groups excluding carboxylic acids is 1. The zero-order valence-corrected chi connectivity index (χ0v) is 14.6. The summed E-state index contributed by atoms with van der Waals surface area (Å²) >= 11 is 0. The van der Waals surface area contributed by atoms with Crippen LogP contribution in [0.1, 0.15) is 48.0 Å². The minimum absolute atomic E-state index is 0.283. The van der Waals surface area contributed by atoms with Gasteiger partial charge in [0.2, 0.25) is 0 Å². The lowest BCUT2D eigenvalue weighted by Gasteiger charge is -2.28. The van der Waals surface area contributed by atoms with Crippen LogP contribution in [0.3, 0.4) is 0 Å². The van der Waals surface area contributed by atoms with Gasteiger partial charge in [0.25, 0.3) is 0 Å². The fraction of sp³-hybridized carbons (Fsp3) is 0.632. The number of nitrogens with one attached hydrogen (secondary N) is 1. The van der Waals surface area contributed by atoms with Gasteiger partial charge in [-0.15, -0.1) is 0 Å². The van der Waals surface area contributed by atoms with E-state index in [2.05, 4.69) is 22.3 Å². The molecule has 1 aromatic rings. The van der Waals surface area contributed by atoms with E-state index < -0.39 is 0 Å². The molecule has 2 saturated heterocycles. The minimum atomic E-state index is -0.283. The summed E-state index contributed by atoms with van der Waals surface area (Å²) in [5, 5.41) is 3.54. The molecule has 2 aliphatic rings. The molecule has 0 spiro atoms. The third-order valence-electron chi connectivity index (χ3n) is 4.93. The van der Waals surface area contributed by atoms with Crippen molar-refractivity contribution in [3.05, 3.63) is 29.3 Å². The molecule has 132 valence electrons. The molecule has 0 saturated carbocycles. The van der Waals surface area contributed by atoms with E-state index in [1.807, 2.05) is 6.07 Å². The number of anilines is 1. The third-order valence-corrected chi connectivity index (χ3v) is 4.93. The highest BCUT2D eigenvalue weighted by molar-refractivity contribution is 5.95. The van der Waals surface area contributed by atoms with Gasteiger partial charge in [-0.2, -0.15) is 0 Å². The first-order chi connectivity index (χ1) is 11.8. The quantitative estimate of drug-likeness (QED) is 0.840. The second kappa shape index (κ2) is 8.49. The highest BCUT2D eigenvalue weighted by Gasteiger charge is 2.19. The van der Waals surface area contributed by atoms with Crippen molar-refractivity contribution in [3.8, 4) is 0 Å². The normalized spacial score (nSPS) is 19.9. The van der Waals surface area contributed by atoms with E-state index in [1.165, 1.54) is 45.0 Å². The number of hydrogen-bond donors (Lipinski definition) is 1. The largest absolute Gasteiger partial charge is 0.465 e. The first-order valence-electron chi connectivity index (χ1n) is 9.04. The predicted octanol–water partition coefficient (Wildman–Crippen LogP) is 3.05. The number of likely N-dealkylation sites (tertiary alicyclic amines) is 1. The van der Waals surface area contributed by atoms with Crippen molar-refractivity contribution in [1.82, 2.24) is 4.90 Å². The second-order valence-electron chi connectivity index (χ2n) is 6.74. The first-order valence-corrected chi connectivity index (χ1v) is 9.04. The van der Waals surface area contributed by atoms with Crippen LogP contribution in [-0.4, -0.2) is 50.3 Å². The molecular weight excluding hydrogens is 304 g/mol. The van der Waals surface area contributed by atoms with E-state index in [9.17, 15) is 4.79 Å². The average Bonchev–Trinajstić information content (AvgIpc) is 2.63. The summed E-state index contributed by atoms with van der Waals surface area (Å²) in [5.74, 6) is -0.283. The summed E-state index contributed by atoms with van der Waals surface area (Å²) in [6.07, 6.45) is 5.85. The minimum Gasteiger partial charge on any atom is -0.465 e. The van der Waals surface area contributed by atoms with Crippen molar-refractivity contribution in [1.29, 1.82) is 0 Å². The Bertz CT molecular complexity index is 550. The van der Waals surface area contributed by atoms with Gasteiger partial charge in [-0.05, 0) is 56.5 Å². The molecule has 0 unspecified atom stereocenters. The molecule has 24 heavy (non-hydrogen) atoms. The Hall–Kier alpha value is -1.59. The smallest absolute Gasteiger partial charge is 0.339 e. The van der Waals surface area contributed by atoms with Gasteiger partial charge in [0.05, 0.1) is 12.7 Å². The number of methoxy groups -OCH3 is 1.